The molecule has 1 N–H and O–H groups in total. The van der Waals surface area contributed by atoms with E-state index in [0.717, 1.165) is 26.1 Å². The average Bonchev–Trinajstić information content (AvgIpc) is 2.86. The highest BCUT2D eigenvalue weighted by molar-refractivity contribution is 5.76. The van der Waals surface area contributed by atoms with Crippen molar-refractivity contribution in [2.45, 2.75) is 85.4 Å². The summed E-state index contributed by atoms with van der Waals surface area (Å²) in [5.41, 5.74) is 1.85. The van der Waals surface area contributed by atoms with Crippen molar-refractivity contribution in [3.8, 4) is 0 Å². The standard InChI is InChI=1S/C23H40N2O2/c1-15(2)25(16(3)4)11-10-24-14-19-18-12-20-17(5)8-7-9-23(20,6)13-21(18)27-22(19)26/h12,15-19,21,24H,7-11,13-14H2,1-6H3/t17-,18+,19?,21+,23+/m0/s1. The van der Waals surface area contributed by atoms with Gasteiger partial charge in [-0.25, -0.2) is 0 Å². The SMILES string of the molecule is CC(C)N(CCNCC1C(=O)O[C@@H]2C[C@@]3(C)CCC[C@H](C)C3=C[C@H]12)C(C)C. The van der Waals surface area contributed by atoms with Gasteiger partial charge in [0.1, 0.15) is 6.10 Å². The highest BCUT2D eigenvalue weighted by Crippen LogP contribution is 2.53. The van der Waals surface area contributed by atoms with E-state index in [2.05, 4.69) is 57.8 Å². The van der Waals surface area contributed by atoms with Crippen LogP contribution in [0.15, 0.2) is 11.6 Å². The summed E-state index contributed by atoms with van der Waals surface area (Å²) < 4.78 is 5.85. The van der Waals surface area contributed by atoms with Gasteiger partial charge < -0.3 is 10.1 Å². The Balaban J connectivity index is 1.61. The molecule has 0 aromatic heterocycles. The van der Waals surface area contributed by atoms with Crippen molar-refractivity contribution < 1.29 is 9.53 Å². The van der Waals surface area contributed by atoms with Crippen molar-refractivity contribution in [3.05, 3.63) is 11.6 Å². The zero-order valence-electron chi connectivity index (χ0n) is 18.3. The number of nitrogens with one attached hydrogen (secondary N) is 1. The van der Waals surface area contributed by atoms with Crippen LogP contribution < -0.4 is 5.32 Å². The van der Waals surface area contributed by atoms with E-state index in [1.807, 2.05) is 0 Å². The maximum Gasteiger partial charge on any atom is 0.311 e. The topological polar surface area (TPSA) is 41.6 Å². The van der Waals surface area contributed by atoms with Crippen molar-refractivity contribution >= 4 is 5.97 Å². The Morgan fingerprint density at radius 3 is 2.67 bits per heavy atom. The van der Waals surface area contributed by atoms with Crippen molar-refractivity contribution in [2.24, 2.45) is 23.2 Å². The van der Waals surface area contributed by atoms with E-state index in [1.54, 1.807) is 5.57 Å². The molecule has 3 rings (SSSR count). The summed E-state index contributed by atoms with van der Waals surface area (Å²) in [4.78, 5) is 15.1. The number of esters is 1. The van der Waals surface area contributed by atoms with Crippen LogP contribution in [0.5, 0.6) is 0 Å². The summed E-state index contributed by atoms with van der Waals surface area (Å²) in [6, 6.07) is 1.09. The minimum Gasteiger partial charge on any atom is -0.461 e. The predicted molar refractivity (Wildman–Crippen MR) is 111 cm³/mol. The third-order valence-electron chi connectivity index (χ3n) is 7.32. The lowest BCUT2D eigenvalue weighted by Gasteiger charge is -2.46. The van der Waals surface area contributed by atoms with Gasteiger partial charge in [0, 0.05) is 37.6 Å². The Kier molecular flexibility index (Phi) is 6.37. The lowest BCUT2D eigenvalue weighted by atomic mass is 9.59. The molecule has 1 heterocycles. The van der Waals surface area contributed by atoms with E-state index >= 15 is 0 Å². The van der Waals surface area contributed by atoms with Crippen LogP contribution in [0.2, 0.25) is 0 Å². The number of hydrogen-bond donors (Lipinski definition) is 1. The average molecular weight is 377 g/mol. The molecule has 5 atom stereocenters. The van der Waals surface area contributed by atoms with Crippen LogP contribution in [0.3, 0.4) is 0 Å². The molecule has 3 aliphatic rings. The van der Waals surface area contributed by atoms with E-state index in [9.17, 15) is 4.79 Å². The smallest absolute Gasteiger partial charge is 0.311 e. The van der Waals surface area contributed by atoms with E-state index in [4.69, 9.17) is 4.74 Å². The van der Waals surface area contributed by atoms with Gasteiger partial charge in [0.15, 0.2) is 0 Å². The van der Waals surface area contributed by atoms with Crippen molar-refractivity contribution in [1.82, 2.24) is 10.2 Å². The van der Waals surface area contributed by atoms with Gasteiger partial charge in [0.25, 0.3) is 0 Å². The normalized spacial score (nSPS) is 36.0. The second-order valence-corrected chi connectivity index (χ2v) is 9.97. The number of rotatable bonds is 7. The zero-order valence-corrected chi connectivity index (χ0v) is 18.3. The summed E-state index contributed by atoms with van der Waals surface area (Å²) in [6.07, 6.45) is 7.39. The molecule has 0 aromatic carbocycles. The van der Waals surface area contributed by atoms with Crippen LogP contribution in [-0.4, -0.2) is 48.7 Å². The number of hydrogen-bond acceptors (Lipinski definition) is 4. The summed E-state index contributed by atoms with van der Waals surface area (Å²) in [7, 11) is 0. The molecule has 0 radical (unpaired) electrons. The number of carbonyl (C=O) groups excluding carboxylic acids is 1. The Morgan fingerprint density at radius 2 is 2.00 bits per heavy atom. The van der Waals surface area contributed by atoms with E-state index in [1.165, 1.54) is 19.3 Å². The molecule has 1 aliphatic heterocycles. The van der Waals surface area contributed by atoms with Gasteiger partial charge in [0.05, 0.1) is 5.92 Å². The molecule has 4 nitrogen and oxygen atoms in total. The van der Waals surface area contributed by atoms with Crippen molar-refractivity contribution in [1.29, 1.82) is 0 Å². The lowest BCUT2D eigenvalue weighted by Crippen LogP contribution is -2.43. The number of carbonyl (C=O) groups is 1. The van der Waals surface area contributed by atoms with Crippen molar-refractivity contribution in [3.63, 3.8) is 0 Å². The third kappa shape index (κ3) is 4.27. The third-order valence-corrected chi connectivity index (χ3v) is 7.32. The van der Waals surface area contributed by atoms with Crippen LogP contribution in [0, 0.1) is 23.2 Å². The molecule has 2 fully saturated rings. The molecular weight excluding hydrogens is 336 g/mol. The minimum atomic E-state index is -0.0206. The Hall–Kier alpha value is -0.870. The number of fused-ring (bicyclic) bond motifs is 2. The van der Waals surface area contributed by atoms with Crippen LogP contribution in [0.25, 0.3) is 0 Å². The van der Waals surface area contributed by atoms with Crippen LogP contribution in [0.4, 0.5) is 0 Å². The van der Waals surface area contributed by atoms with Crippen LogP contribution in [0.1, 0.15) is 67.2 Å². The van der Waals surface area contributed by atoms with Crippen molar-refractivity contribution in [2.75, 3.05) is 19.6 Å². The molecule has 2 aliphatic carbocycles. The first-order valence-corrected chi connectivity index (χ1v) is 11.1. The fourth-order valence-corrected chi connectivity index (χ4v) is 5.86. The molecule has 1 saturated heterocycles. The van der Waals surface area contributed by atoms with Gasteiger partial charge in [0.2, 0.25) is 0 Å². The van der Waals surface area contributed by atoms with E-state index < -0.39 is 0 Å². The molecule has 0 aromatic rings. The fourth-order valence-electron chi connectivity index (χ4n) is 5.86. The highest BCUT2D eigenvalue weighted by Gasteiger charge is 2.51. The quantitative estimate of drug-likeness (QED) is 0.414. The number of ether oxygens (including phenoxy) is 1. The van der Waals surface area contributed by atoms with E-state index in [-0.39, 0.29) is 29.3 Å². The van der Waals surface area contributed by atoms with Crippen LogP contribution >= 0.6 is 0 Å². The first kappa shape index (κ1) is 20.9. The van der Waals surface area contributed by atoms with Crippen LogP contribution in [-0.2, 0) is 9.53 Å². The summed E-state index contributed by atoms with van der Waals surface area (Å²) in [5.74, 6) is 0.904. The Labute approximate surface area is 166 Å². The van der Waals surface area contributed by atoms with Gasteiger partial charge in [-0.15, -0.1) is 0 Å². The molecule has 27 heavy (non-hydrogen) atoms. The minimum absolute atomic E-state index is 0.00817. The second kappa shape index (κ2) is 8.24. The molecule has 4 heteroatoms. The summed E-state index contributed by atoms with van der Waals surface area (Å²) in [5, 5.41) is 3.55. The summed E-state index contributed by atoms with van der Waals surface area (Å²) >= 11 is 0. The van der Waals surface area contributed by atoms with E-state index in [0.29, 0.717) is 18.0 Å². The maximum absolute atomic E-state index is 12.6. The molecule has 0 spiro atoms. The zero-order chi connectivity index (χ0) is 19.8. The molecule has 0 amide bonds. The monoisotopic (exact) mass is 376 g/mol. The Morgan fingerprint density at radius 1 is 1.30 bits per heavy atom. The largest absolute Gasteiger partial charge is 0.461 e. The van der Waals surface area contributed by atoms with Gasteiger partial charge >= 0.3 is 5.97 Å². The Bertz CT molecular complexity index is 563. The van der Waals surface area contributed by atoms with Gasteiger partial charge in [-0.2, -0.15) is 0 Å². The highest BCUT2D eigenvalue weighted by atomic mass is 16.6. The first-order chi connectivity index (χ1) is 12.7. The lowest BCUT2D eigenvalue weighted by molar-refractivity contribution is -0.145. The predicted octanol–water partition coefficient (Wildman–Crippen LogP) is 4.01. The molecule has 0 bridgehead atoms. The van der Waals surface area contributed by atoms with Gasteiger partial charge in [-0.3, -0.25) is 9.69 Å². The molecular formula is C23H40N2O2. The molecule has 154 valence electrons. The number of nitrogens with zero attached hydrogens (tertiary/aromatic N) is 1. The number of allylic oxidation sites excluding steroid dienone is 1. The fraction of sp³-hybridized carbons (Fsp3) is 0.870. The maximum atomic E-state index is 12.6. The second-order valence-electron chi connectivity index (χ2n) is 9.97. The van der Waals surface area contributed by atoms with Gasteiger partial charge in [-0.05, 0) is 58.3 Å². The molecule has 1 unspecified atom stereocenters. The van der Waals surface area contributed by atoms with Gasteiger partial charge in [-0.1, -0.05) is 31.9 Å². The molecule has 1 saturated carbocycles. The summed E-state index contributed by atoms with van der Waals surface area (Å²) in [6.45, 7) is 16.4. The first-order valence-electron chi connectivity index (χ1n) is 11.1.